The molecule has 0 aliphatic heterocycles. The van der Waals surface area contributed by atoms with E-state index in [9.17, 15) is 0 Å². The molecule has 1 aromatic heterocycles. The minimum Gasteiger partial charge on any atom is -0.360 e. The van der Waals surface area contributed by atoms with Gasteiger partial charge >= 0.3 is 0 Å². The number of anilines is 1. The molecule has 0 saturated carbocycles. The Labute approximate surface area is 76.2 Å². The second-order valence-corrected chi connectivity index (χ2v) is 4.03. The van der Waals surface area contributed by atoms with Crippen LogP contribution < -0.4 is 11.1 Å². The molecule has 3 N–H and O–H groups in total. The van der Waals surface area contributed by atoms with Gasteiger partial charge in [-0.05, 0) is 19.4 Å². The number of nitrogens with zero attached hydrogens (tertiary/aromatic N) is 2. The molecule has 1 heterocycles. The lowest BCUT2D eigenvalue weighted by atomic mass is 10.2. The lowest BCUT2D eigenvalue weighted by molar-refractivity contribution is 0.627. The fraction of sp³-hybridized carbons (Fsp3) is 0.714. The highest BCUT2D eigenvalue weighted by Gasteiger charge is 2.01. The molecule has 0 aliphatic rings. The Morgan fingerprint density at radius 2 is 2.33 bits per heavy atom. The summed E-state index contributed by atoms with van der Waals surface area (Å²) in [5, 5.41) is 12.9. The predicted molar refractivity (Wildman–Crippen MR) is 51.4 cm³/mol. The summed E-state index contributed by atoms with van der Waals surface area (Å²) >= 11 is 1.57. The van der Waals surface area contributed by atoms with Crippen molar-refractivity contribution in [2.24, 2.45) is 11.7 Å². The largest absolute Gasteiger partial charge is 0.360 e. The maximum Gasteiger partial charge on any atom is 0.205 e. The van der Waals surface area contributed by atoms with E-state index < -0.39 is 0 Å². The minimum atomic E-state index is 0.481. The van der Waals surface area contributed by atoms with Crippen molar-refractivity contribution in [3.63, 3.8) is 0 Å². The first kappa shape index (κ1) is 9.41. The molecule has 0 amide bonds. The van der Waals surface area contributed by atoms with Crippen LogP contribution in [0.25, 0.3) is 0 Å². The monoisotopic (exact) mass is 186 g/mol. The van der Waals surface area contributed by atoms with Crippen molar-refractivity contribution in [3.05, 3.63) is 5.01 Å². The smallest absolute Gasteiger partial charge is 0.205 e. The van der Waals surface area contributed by atoms with E-state index in [2.05, 4.69) is 22.4 Å². The zero-order chi connectivity index (χ0) is 8.97. The maximum absolute atomic E-state index is 5.47. The Hall–Kier alpha value is -0.680. The summed E-state index contributed by atoms with van der Waals surface area (Å²) in [7, 11) is 0. The molecule has 0 bridgehead atoms. The van der Waals surface area contributed by atoms with Crippen LogP contribution in [0.4, 0.5) is 5.13 Å². The molecule has 0 aliphatic carbocycles. The van der Waals surface area contributed by atoms with E-state index in [1.807, 2.05) is 6.92 Å². The summed E-state index contributed by atoms with van der Waals surface area (Å²) in [5.74, 6) is 0.481. The summed E-state index contributed by atoms with van der Waals surface area (Å²) in [6.07, 6.45) is 0. The number of aryl methyl sites for hydroxylation is 1. The summed E-state index contributed by atoms with van der Waals surface area (Å²) in [6.45, 7) is 5.60. The zero-order valence-corrected chi connectivity index (χ0v) is 8.19. The van der Waals surface area contributed by atoms with Crippen molar-refractivity contribution in [3.8, 4) is 0 Å². The number of nitrogens with two attached hydrogens (primary N) is 1. The molecular weight excluding hydrogens is 172 g/mol. The molecule has 1 unspecified atom stereocenters. The average molecular weight is 186 g/mol. The molecule has 0 saturated heterocycles. The molecule has 0 fully saturated rings. The van der Waals surface area contributed by atoms with Crippen LogP contribution in [0, 0.1) is 12.8 Å². The first-order valence-corrected chi connectivity index (χ1v) is 4.78. The van der Waals surface area contributed by atoms with Crippen molar-refractivity contribution in [2.75, 3.05) is 18.4 Å². The summed E-state index contributed by atoms with van der Waals surface area (Å²) in [4.78, 5) is 0. The molecule has 12 heavy (non-hydrogen) atoms. The van der Waals surface area contributed by atoms with E-state index >= 15 is 0 Å². The molecule has 1 rings (SSSR count). The topological polar surface area (TPSA) is 63.8 Å². The van der Waals surface area contributed by atoms with E-state index in [0.29, 0.717) is 12.5 Å². The summed E-state index contributed by atoms with van der Waals surface area (Å²) in [5.41, 5.74) is 5.47. The first-order chi connectivity index (χ1) is 5.72. The molecule has 1 aromatic rings. The van der Waals surface area contributed by atoms with Crippen LogP contribution in [0.2, 0.25) is 0 Å². The van der Waals surface area contributed by atoms with Crippen molar-refractivity contribution in [2.45, 2.75) is 13.8 Å². The average Bonchev–Trinajstić information content (AvgIpc) is 2.47. The third-order valence-electron chi connectivity index (χ3n) is 1.53. The van der Waals surface area contributed by atoms with E-state index in [0.717, 1.165) is 16.7 Å². The van der Waals surface area contributed by atoms with Gasteiger partial charge in [-0.1, -0.05) is 18.3 Å². The van der Waals surface area contributed by atoms with Crippen LogP contribution >= 0.6 is 11.3 Å². The van der Waals surface area contributed by atoms with Crippen LogP contribution in [0.1, 0.15) is 11.9 Å². The SMILES string of the molecule is Cc1nnc(NCC(C)CN)s1. The molecule has 0 radical (unpaired) electrons. The van der Waals surface area contributed by atoms with Crippen LogP contribution in [0.5, 0.6) is 0 Å². The van der Waals surface area contributed by atoms with Gasteiger partial charge in [-0.25, -0.2) is 0 Å². The van der Waals surface area contributed by atoms with Gasteiger partial charge < -0.3 is 11.1 Å². The minimum absolute atomic E-state index is 0.481. The normalized spacial score (nSPS) is 12.9. The Balaban J connectivity index is 2.33. The van der Waals surface area contributed by atoms with E-state index in [1.54, 1.807) is 11.3 Å². The Morgan fingerprint density at radius 1 is 1.58 bits per heavy atom. The van der Waals surface area contributed by atoms with Crippen molar-refractivity contribution in [1.29, 1.82) is 0 Å². The fourth-order valence-electron chi connectivity index (χ4n) is 0.713. The van der Waals surface area contributed by atoms with Crippen LogP contribution in [-0.4, -0.2) is 23.3 Å². The van der Waals surface area contributed by atoms with Gasteiger partial charge in [0, 0.05) is 6.54 Å². The number of hydrogen-bond acceptors (Lipinski definition) is 5. The van der Waals surface area contributed by atoms with Gasteiger partial charge in [0.2, 0.25) is 5.13 Å². The van der Waals surface area contributed by atoms with Gasteiger partial charge in [-0.15, -0.1) is 10.2 Å². The van der Waals surface area contributed by atoms with Crippen LogP contribution in [-0.2, 0) is 0 Å². The Kier molecular flexibility index (Phi) is 3.43. The van der Waals surface area contributed by atoms with Crippen molar-refractivity contribution >= 4 is 16.5 Å². The maximum atomic E-state index is 5.47. The van der Waals surface area contributed by atoms with Crippen LogP contribution in [0.3, 0.4) is 0 Å². The fourth-order valence-corrected chi connectivity index (χ4v) is 1.31. The van der Waals surface area contributed by atoms with E-state index in [-0.39, 0.29) is 0 Å². The van der Waals surface area contributed by atoms with E-state index in [1.165, 1.54) is 0 Å². The molecule has 1 atom stereocenters. The highest BCUT2D eigenvalue weighted by Crippen LogP contribution is 2.13. The van der Waals surface area contributed by atoms with Gasteiger partial charge in [0.15, 0.2) is 0 Å². The molecule has 5 heteroatoms. The quantitative estimate of drug-likeness (QED) is 0.732. The molecule has 4 nitrogen and oxygen atoms in total. The highest BCUT2D eigenvalue weighted by atomic mass is 32.1. The lowest BCUT2D eigenvalue weighted by Crippen LogP contribution is -2.19. The standard InChI is InChI=1S/C7H14N4S/c1-5(3-8)4-9-7-11-10-6(2)12-7/h5H,3-4,8H2,1-2H3,(H,9,11). The van der Waals surface area contributed by atoms with E-state index in [4.69, 9.17) is 5.73 Å². The van der Waals surface area contributed by atoms with Crippen molar-refractivity contribution < 1.29 is 0 Å². The van der Waals surface area contributed by atoms with Gasteiger partial charge in [0.1, 0.15) is 5.01 Å². The van der Waals surface area contributed by atoms with Gasteiger partial charge in [-0.3, -0.25) is 0 Å². The second kappa shape index (κ2) is 4.37. The predicted octanol–water partition coefficient (Wildman–Crippen LogP) is 0.853. The number of hydrogen-bond donors (Lipinski definition) is 2. The zero-order valence-electron chi connectivity index (χ0n) is 7.37. The molecular formula is C7H14N4S. The molecule has 68 valence electrons. The Bertz CT molecular complexity index is 235. The van der Waals surface area contributed by atoms with Crippen molar-refractivity contribution in [1.82, 2.24) is 10.2 Å². The Morgan fingerprint density at radius 3 is 2.83 bits per heavy atom. The van der Waals surface area contributed by atoms with Gasteiger partial charge in [0.05, 0.1) is 0 Å². The third kappa shape index (κ3) is 2.75. The molecule has 0 aromatic carbocycles. The number of rotatable bonds is 4. The van der Waals surface area contributed by atoms with Gasteiger partial charge in [-0.2, -0.15) is 0 Å². The first-order valence-electron chi connectivity index (χ1n) is 3.96. The summed E-state index contributed by atoms with van der Waals surface area (Å²) in [6, 6.07) is 0. The second-order valence-electron chi connectivity index (χ2n) is 2.85. The van der Waals surface area contributed by atoms with Gasteiger partial charge in [0.25, 0.3) is 0 Å². The number of nitrogens with one attached hydrogen (secondary N) is 1. The lowest BCUT2D eigenvalue weighted by Gasteiger charge is -2.07. The molecule has 0 spiro atoms. The van der Waals surface area contributed by atoms with Crippen LogP contribution in [0.15, 0.2) is 0 Å². The summed E-state index contributed by atoms with van der Waals surface area (Å²) < 4.78 is 0. The third-order valence-corrected chi connectivity index (χ3v) is 2.33. The highest BCUT2D eigenvalue weighted by molar-refractivity contribution is 7.15. The number of aromatic nitrogens is 2.